The first kappa shape index (κ1) is 28.7. The van der Waals surface area contributed by atoms with Crippen LogP contribution < -0.4 is 10.6 Å². The predicted molar refractivity (Wildman–Crippen MR) is 148 cm³/mol. The summed E-state index contributed by atoms with van der Waals surface area (Å²) in [4.78, 5) is 36.4. The number of carboxylic acid groups (broad SMARTS) is 1. The lowest BCUT2D eigenvalue weighted by atomic mass is 9.98. The van der Waals surface area contributed by atoms with Crippen molar-refractivity contribution in [3.63, 3.8) is 0 Å². The zero-order chi connectivity index (χ0) is 27.0. The molecule has 0 radical (unpaired) electrons. The number of hydrogen-bond acceptors (Lipinski definition) is 7. The zero-order valence-electron chi connectivity index (χ0n) is 21.5. The number of carbonyl (C=O) groups is 3. The van der Waals surface area contributed by atoms with Crippen LogP contribution in [0.15, 0.2) is 48.5 Å². The largest absolute Gasteiger partial charge is 0.480 e. The summed E-state index contributed by atoms with van der Waals surface area (Å²) in [6.45, 7) is 5.78. The maximum absolute atomic E-state index is 12.6. The van der Waals surface area contributed by atoms with Gasteiger partial charge in [-0.2, -0.15) is 0 Å². The lowest BCUT2D eigenvalue weighted by Gasteiger charge is -2.22. The van der Waals surface area contributed by atoms with E-state index in [2.05, 4.69) is 22.8 Å². The van der Waals surface area contributed by atoms with Crippen molar-refractivity contribution >= 4 is 39.7 Å². The van der Waals surface area contributed by atoms with Crippen LogP contribution in [0.1, 0.15) is 50.7 Å². The predicted octanol–water partition coefficient (Wildman–Crippen LogP) is 5.66. The molecular weight excluding hydrogens is 512 g/mol. The molecule has 0 aliphatic heterocycles. The molecule has 2 aromatic rings. The fraction of sp³-hybridized carbons (Fsp3) is 0.444. The van der Waals surface area contributed by atoms with E-state index in [1.807, 2.05) is 42.7 Å². The van der Waals surface area contributed by atoms with Crippen LogP contribution in [0.3, 0.4) is 0 Å². The number of nitrogens with one attached hydrogen (secondary N) is 2. The molecule has 2 aromatic carbocycles. The highest BCUT2D eigenvalue weighted by Crippen LogP contribution is 2.44. The van der Waals surface area contributed by atoms with Crippen LogP contribution in [0.25, 0.3) is 11.1 Å². The fourth-order valence-corrected chi connectivity index (χ4v) is 6.19. The number of carboxylic acids is 1. The Morgan fingerprint density at radius 1 is 0.973 bits per heavy atom. The molecule has 10 heteroatoms. The topological polar surface area (TPSA) is 114 Å². The van der Waals surface area contributed by atoms with Crippen molar-refractivity contribution in [3.8, 4) is 11.1 Å². The van der Waals surface area contributed by atoms with Crippen LogP contribution in [0.5, 0.6) is 0 Å². The highest BCUT2D eigenvalue weighted by Gasteiger charge is 2.30. The summed E-state index contributed by atoms with van der Waals surface area (Å²) in [7, 11) is 3.06. The standard InChI is InChI=1S/C27H34N2O6S2/c1-27(2,3)35-25(32)28-15-17(37-36-4)13-14-23(24(30)31)29-26(33)34-16-22-20-11-7-5-9-18(20)19-10-6-8-12-21(19)22/h5-12,17,22-23H,13-16H2,1-4H3,(H,28,32)(H,29,33)(H,30,31)/t17?,23-/m0/s1. The first-order valence-corrected chi connectivity index (χ1v) is 14.7. The van der Waals surface area contributed by atoms with Crippen molar-refractivity contribution in [2.75, 3.05) is 19.4 Å². The Morgan fingerprint density at radius 2 is 1.57 bits per heavy atom. The van der Waals surface area contributed by atoms with E-state index >= 15 is 0 Å². The van der Waals surface area contributed by atoms with Gasteiger partial charge in [-0.1, -0.05) is 70.1 Å². The van der Waals surface area contributed by atoms with Gasteiger partial charge in [0.1, 0.15) is 18.2 Å². The molecule has 2 atom stereocenters. The van der Waals surface area contributed by atoms with Gasteiger partial charge in [0.05, 0.1) is 0 Å². The summed E-state index contributed by atoms with van der Waals surface area (Å²) in [6.07, 6.45) is 1.27. The molecule has 3 rings (SSSR count). The summed E-state index contributed by atoms with van der Waals surface area (Å²) < 4.78 is 10.8. The van der Waals surface area contributed by atoms with Gasteiger partial charge in [-0.3, -0.25) is 0 Å². The van der Waals surface area contributed by atoms with Crippen LogP contribution in [-0.2, 0) is 14.3 Å². The molecule has 1 unspecified atom stereocenters. The van der Waals surface area contributed by atoms with E-state index in [1.54, 1.807) is 20.8 Å². The molecule has 0 saturated carbocycles. The Hall–Kier alpha value is -2.85. The van der Waals surface area contributed by atoms with Gasteiger partial charge in [0, 0.05) is 17.7 Å². The highest BCUT2D eigenvalue weighted by atomic mass is 33.1. The first-order chi connectivity index (χ1) is 17.6. The van der Waals surface area contributed by atoms with Gasteiger partial charge in [-0.05, 0) is 62.1 Å². The molecule has 200 valence electrons. The molecule has 0 fully saturated rings. The molecule has 0 bridgehead atoms. The molecule has 0 heterocycles. The van der Waals surface area contributed by atoms with Crippen molar-refractivity contribution in [3.05, 3.63) is 59.7 Å². The maximum Gasteiger partial charge on any atom is 0.407 e. The molecule has 0 aromatic heterocycles. The molecule has 3 N–H and O–H groups in total. The molecule has 8 nitrogen and oxygen atoms in total. The third-order valence-corrected chi connectivity index (χ3v) is 8.08. The second-order valence-corrected chi connectivity index (χ2v) is 12.5. The summed E-state index contributed by atoms with van der Waals surface area (Å²) >= 11 is 0. The van der Waals surface area contributed by atoms with Crippen molar-refractivity contribution in [1.82, 2.24) is 10.6 Å². The van der Waals surface area contributed by atoms with Crippen molar-refractivity contribution in [1.29, 1.82) is 0 Å². The number of amides is 2. The number of alkyl carbamates (subject to hydrolysis) is 2. The van der Waals surface area contributed by atoms with Crippen LogP contribution in [0.2, 0.25) is 0 Å². The van der Waals surface area contributed by atoms with Gasteiger partial charge in [-0.25, -0.2) is 14.4 Å². The van der Waals surface area contributed by atoms with Crippen molar-refractivity contribution in [2.24, 2.45) is 0 Å². The monoisotopic (exact) mass is 546 g/mol. The highest BCUT2D eigenvalue weighted by molar-refractivity contribution is 8.76. The summed E-state index contributed by atoms with van der Waals surface area (Å²) in [5, 5.41) is 14.8. The van der Waals surface area contributed by atoms with Crippen molar-refractivity contribution in [2.45, 2.75) is 56.4 Å². The quantitative estimate of drug-likeness (QED) is 0.309. The lowest BCUT2D eigenvalue weighted by Crippen LogP contribution is -2.42. The van der Waals surface area contributed by atoms with Crippen LogP contribution >= 0.6 is 21.6 Å². The number of hydrogen-bond donors (Lipinski definition) is 3. The minimum Gasteiger partial charge on any atom is -0.480 e. The number of carbonyl (C=O) groups excluding carboxylic acids is 2. The maximum atomic E-state index is 12.6. The number of ether oxygens (including phenoxy) is 2. The molecule has 0 spiro atoms. The normalized spacial score (nSPS) is 14.2. The number of rotatable bonds is 11. The van der Waals surface area contributed by atoms with Crippen LogP contribution in [0.4, 0.5) is 9.59 Å². The third-order valence-electron chi connectivity index (χ3n) is 5.82. The number of aliphatic carboxylic acids is 1. The Bertz CT molecular complexity index is 1060. The van der Waals surface area contributed by atoms with Gasteiger partial charge in [-0.15, -0.1) is 0 Å². The second-order valence-electron chi connectivity index (χ2n) is 9.71. The molecule has 2 amide bonds. The SMILES string of the molecule is CSSC(CC[C@H](NC(=O)OCC1c2ccccc2-c2ccccc21)C(=O)O)CNC(=O)OC(C)(C)C. The Kier molecular flexibility index (Phi) is 10.2. The van der Waals surface area contributed by atoms with Gasteiger partial charge < -0.3 is 25.2 Å². The van der Waals surface area contributed by atoms with E-state index in [0.717, 1.165) is 22.3 Å². The lowest BCUT2D eigenvalue weighted by molar-refractivity contribution is -0.139. The molecular formula is C27H34N2O6S2. The summed E-state index contributed by atoms with van der Waals surface area (Å²) in [5.41, 5.74) is 3.80. The first-order valence-electron chi connectivity index (χ1n) is 12.1. The Balaban J connectivity index is 1.53. The summed E-state index contributed by atoms with van der Waals surface area (Å²) in [6, 6.07) is 14.9. The van der Waals surface area contributed by atoms with Crippen LogP contribution in [0, 0.1) is 0 Å². The van der Waals surface area contributed by atoms with E-state index in [-0.39, 0.29) is 24.2 Å². The average Bonchev–Trinajstić information content (AvgIpc) is 3.16. The number of fused-ring (bicyclic) bond motifs is 3. The van der Waals surface area contributed by atoms with Crippen molar-refractivity contribution < 1.29 is 29.0 Å². The molecule has 37 heavy (non-hydrogen) atoms. The Labute approximate surface area is 225 Å². The Morgan fingerprint density at radius 3 is 2.11 bits per heavy atom. The van der Waals surface area contributed by atoms with E-state index in [0.29, 0.717) is 13.0 Å². The minimum absolute atomic E-state index is 0.0614. The molecule has 1 aliphatic carbocycles. The second kappa shape index (κ2) is 13.1. The van der Waals surface area contributed by atoms with Crippen LogP contribution in [-0.4, -0.2) is 59.6 Å². The van der Waals surface area contributed by atoms with Gasteiger partial charge in [0.15, 0.2) is 0 Å². The number of benzene rings is 2. The van der Waals surface area contributed by atoms with E-state index < -0.39 is 29.8 Å². The van der Waals surface area contributed by atoms with E-state index in [9.17, 15) is 19.5 Å². The average molecular weight is 547 g/mol. The van der Waals surface area contributed by atoms with Gasteiger partial charge >= 0.3 is 18.2 Å². The fourth-order valence-electron chi connectivity index (χ4n) is 4.22. The van der Waals surface area contributed by atoms with Gasteiger partial charge in [0.2, 0.25) is 0 Å². The zero-order valence-corrected chi connectivity index (χ0v) is 23.1. The van der Waals surface area contributed by atoms with E-state index in [1.165, 1.54) is 21.6 Å². The molecule has 0 saturated heterocycles. The van der Waals surface area contributed by atoms with Gasteiger partial charge in [0.25, 0.3) is 0 Å². The third kappa shape index (κ3) is 8.33. The minimum atomic E-state index is -1.14. The smallest absolute Gasteiger partial charge is 0.407 e. The van der Waals surface area contributed by atoms with E-state index in [4.69, 9.17) is 9.47 Å². The molecule has 1 aliphatic rings. The summed E-state index contributed by atoms with van der Waals surface area (Å²) in [5.74, 6) is -1.25.